The topological polar surface area (TPSA) is 83.6 Å². The van der Waals surface area contributed by atoms with Gasteiger partial charge in [-0.2, -0.15) is 8.42 Å². The Labute approximate surface area is 121 Å². The lowest BCUT2D eigenvalue weighted by Gasteiger charge is -2.26. The number of benzene rings is 1. The molecule has 0 radical (unpaired) electrons. The van der Waals surface area contributed by atoms with Crippen molar-refractivity contribution in [2.24, 2.45) is 0 Å². The van der Waals surface area contributed by atoms with E-state index in [9.17, 15) is 8.42 Å². The first-order valence-electron chi connectivity index (χ1n) is 6.98. The van der Waals surface area contributed by atoms with Crippen LogP contribution in [0.1, 0.15) is 32.6 Å². The van der Waals surface area contributed by atoms with Gasteiger partial charge in [0.15, 0.2) is 0 Å². The highest BCUT2D eigenvalue weighted by Gasteiger charge is 2.10. The third-order valence-corrected chi connectivity index (χ3v) is 3.94. The molecule has 0 bridgehead atoms. The second-order valence-electron chi connectivity index (χ2n) is 4.89. The van der Waals surface area contributed by atoms with Crippen LogP contribution in [0.2, 0.25) is 0 Å². The van der Waals surface area contributed by atoms with Crippen molar-refractivity contribution >= 4 is 21.5 Å². The van der Waals surface area contributed by atoms with Gasteiger partial charge in [0.1, 0.15) is 0 Å². The number of nitrogens with zero attached hydrogens (tertiary/aromatic N) is 1. The standard InChI is InChI=1S/C14H24N2O3S/c1-2-3-10-16(11-6-7-12-20(17,18)19)14-9-5-4-8-13(14)15/h4-5,8-9H,2-3,6-7,10-12,15H2,1H3,(H,17,18,19). The molecule has 0 saturated carbocycles. The molecular formula is C14H24N2O3S. The number of para-hydroxylation sites is 2. The van der Waals surface area contributed by atoms with Crippen LogP contribution in [0.4, 0.5) is 11.4 Å². The summed E-state index contributed by atoms with van der Waals surface area (Å²) in [5.74, 6) is -0.182. The maximum Gasteiger partial charge on any atom is 0.264 e. The maximum absolute atomic E-state index is 10.7. The van der Waals surface area contributed by atoms with E-state index in [1.807, 2.05) is 24.3 Å². The highest BCUT2D eigenvalue weighted by atomic mass is 32.2. The van der Waals surface area contributed by atoms with E-state index in [1.165, 1.54) is 0 Å². The molecule has 114 valence electrons. The first-order chi connectivity index (χ1) is 9.44. The van der Waals surface area contributed by atoms with E-state index < -0.39 is 10.1 Å². The zero-order valence-electron chi connectivity index (χ0n) is 12.0. The van der Waals surface area contributed by atoms with Crippen LogP contribution < -0.4 is 10.6 Å². The molecule has 0 saturated heterocycles. The maximum atomic E-state index is 10.7. The second-order valence-corrected chi connectivity index (χ2v) is 6.46. The zero-order chi connectivity index (χ0) is 15.0. The minimum absolute atomic E-state index is 0.182. The lowest BCUT2D eigenvalue weighted by Crippen LogP contribution is -2.26. The van der Waals surface area contributed by atoms with E-state index in [1.54, 1.807) is 0 Å². The number of rotatable bonds is 9. The average Bonchev–Trinajstić information content (AvgIpc) is 2.38. The largest absolute Gasteiger partial charge is 0.397 e. The van der Waals surface area contributed by atoms with Crippen molar-refractivity contribution in [3.63, 3.8) is 0 Å². The van der Waals surface area contributed by atoms with Crippen LogP contribution in [0.15, 0.2) is 24.3 Å². The molecule has 1 aromatic carbocycles. The van der Waals surface area contributed by atoms with Crippen LogP contribution in [0, 0.1) is 0 Å². The highest BCUT2D eigenvalue weighted by molar-refractivity contribution is 7.85. The van der Waals surface area contributed by atoms with Gasteiger partial charge in [-0.05, 0) is 31.4 Å². The lowest BCUT2D eigenvalue weighted by molar-refractivity contribution is 0.480. The smallest absolute Gasteiger partial charge is 0.264 e. The summed E-state index contributed by atoms with van der Waals surface area (Å²) >= 11 is 0. The summed E-state index contributed by atoms with van der Waals surface area (Å²) in [4.78, 5) is 2.18. The molecule has 0 amide bonds. The third kappa shape index (κ3) is 6.25. The Morgan fingerprint density at radius 1 is 1.15 bits per heavy atom. The first-order valence-corrected chi connectivity index (χ1v) is 8.59. The summed E-state index contributed by atoms with van der Waals surface area (Å²) in [6.45, 7) is 3.77. The van der Waals surface area contributed by atoms with Crippen molar-refractivity contribution in [1.29, 1.82) is 0 Å². The molecule has 20 heavy (non-hydrogen) atoms. The minimum Gasteiger partial charge on any atom is -0.397 e. The molecule has 0 aliphatic rings. The van der Waals surface area contributed by atoms with Crippen LogP contribution in [-0.4, -0.2) is 31.8 Å². The minimum atomic E-state index is -3.86. The number of hydrogen-bond donors (Lipinski definition) is 2. The number of hydrogen-bond acceptors (Lipinski definition) is 4. The molecule has 3 N–H and O–H groups in total. The summed E-state index contributed by atoms with van der Waals surface area (Å²) < 4.78 is 30.1. The summed E-state index contributed by atoms with van der Waals surface area (Å²) in [5.41, 5.74) is 7.72. The normalized spacial score (nSPS) is 11.5. The zero-order valence-corrected chi connectivity index (χ0v) is 12.8. The Morgan fingerprint density at radius 3 is 2.40 bits per heavy atom. The Bertz CT molecular complexity index is 503. The SMILES string of the molecule is CCCCN(CCCCS(=O)(=O)O)c1ccccc1N. The monoisotopic (exact) mass is 300 g/mol. The molecule has 6 heteroatoms. The molecule has 1 aromatic rings. The van der Waals surface area contributed by atoms with Crippen molar-refractivity contribution in [2.75, 3.05) is 29.5 Å². The Balaban J connectivity index is 2.59. The Morgan fingerprint density at radius 2 is 1.80 bits per heavy atom. The predicted molar refractivity (Wildman–Crippen MR) is 83.6 cm³/mol. The van der Waals surface area contributed by atoms with Crippen molar-refractivity contribution in [1.82, 2.24) is 0 Å². The van der Waals surface area contributed by atoms with Crippen LogP contribution in [0.3, 0.4) is 0 Å². The van der Waals surface area contributed by atoms with Crippen LogP contribution in [-0.2, 0) is 10.1 Å². The Hall–Kier alpha value is -1.27. The molecule has 0 aliphatic heterocycles. The molecule has 0 aromatic heterocycles. The summed E-state index contributed by atoms with van der Waals surface area (Å²) in [7, 11) is -3.86. The van der Waals surface area contributed by atoms with Crippen molar-refractivity contribution in [2.45, 2.75) is 32.6 Å². The molecule has 0 heterocycles. The van der Waals surface area contributed by atoms with Gasteiger partial charge in [-0.15, -0.1) is 0 Å². The van der Waals surface area contributed by atoms with Crippen molar-refractivity contribution in [3.8, 4) is 0 Å². The molecule has 0 spiro atoms. The fourth-order valence-electron chi connectivity index (χ4n) is 2.06. The molecular weight excluding hydrogens is 276 g/mol. The van der Waals surface area contributed by atoms with E-state index in [0.717, 1.165) is 37.3 Å². The van der Waals surface area contributed by atoms with Gasteiger partial charge in [0.2, 0.25) is 0 Å². The lowest BCUT2D eigenvalue weighted by atomic mass is 10.2. The van der Waals surface area contributed by atoms with Gasteiger partial charge in [0.05, 0.1) is 17.1 Å². The van der Waals surface area contributed by atoms with E-state index >= 15 is 0 Å². The van der Waals surface area contributed by atoms with Gasteiger partial charge in [0.25, 0.3) is 10.1 Å². The van der Waals surface area contributed by atoms with Crippen LogP contribution in [0.25, 0.3) is 0 Å². The Kier molecular flexibility index (Phi) is 6.81. The molecule has 0 aliphatic carbocycles. The van der Waals surface area contributed by atoms with Gasteiger partial charge >= 0.3 is 0 Å². The highest BCUT2D eigenvalue weighted by Crippen LogP contribution is 2.23. The summed E-state index contributed by atoms with van der Waals surface area (Å²) in [6.07, 6.45) is 3.31. The molecule has 5 nitrogen and oxygen atoms in total. The van der Waals surface area contributed by atoms with E-state index in [4.69, 9.17) is 10.3 Å². The third-order valence-electron chi connectivity index (χ3n) is 3.14. The van der Waals surface area contributed by atoms with E-state index in [2.05, 4.69) is 11.8 Å². The molecule has 1 rings (SSSR count). The van der Waals surface area contributed by atoms with Gasteiger partial charge in [-0.3, -0.25) is 4.55 Å². The molecule has 0 fully saturated rings. The first kappa shape index (κ1) is 16.8. The average molecular weight is 300 g/mol. The summed E-state index contributed by atoms with van der Waals surface area (Å²) in [6, 6.07) is 7.69. The fourth-order valence-corrected chi connectivity index (χ4v) is 2.63. The van der Waals surface area contributed by atoms with Crippen LogP contribution >= 0.6 is 0 Å². The number of anilines is 2. The second kappa shape index (κ2) is 8.11. The predicted octanol–water partition coefficient (Wildman–Crippen LogP) is 2.54. The number of unbranched alkanes of at least 4 members (excludes halogenated alkanes) is 2. The number of nitrogen functional groups attached to an aromatic ring is 1. The van der Waals surface area contributed by atoms with Crippen molar-refractivity contribution in [3.05, 3.63) is 24.3 Å². The van der Waals surface area contributed by atoms with Gasteiger partial charge in [0, 0.05) is 13.1 Å². The van der Waals surface area contributed by atoms with Gasteiger partial charge in [-0.1, -0.05) is 25.5 Å². The van der Waals surface area contributed by atoms with Gasteiger partial charge < -0.3 is 10.6 Å². The molecule has 0 unspecified atom stereocenters. The van der Waals surface area contributed by atoms with Gasteiger partial charge in [-0.25, -0.2) is 0 Å². The van der Waals surface area contributed by atoms with E-state index in [-0.39, 0.29) is 5.75 Å². The van der Waals surface area contributed by atoms with E-state index in [0.29, 0.717) is 12.8 Å². The number of nitrogens with two attached hydrogens (primary N) is 1. The molecule has 0 atom stereocenters. The fraction of sp³-hybridized carbons (Fsp3) is 0.571. The van der Waals surface area contributed by atoms with Crippen LogP contribution in [0.5, 0.6) is 0 Å². The summed E-state index contributed by atoms with van der Waals surface area (Å²) in [5, 5.41) is 0. The quantitative estimate of drug-likeness (QED) is 0.416. The van der Waals surface area contributed by atoms with Crippen molar-refractivity contribution < 1.29 is 13.0 Å².